The van der Waals surface area contributed by atoms with Crippen LogP contribution in [-0.4, -0.2) is 39.8 Å². The van der Waals surface area contributed by atoms with E-state index < -0.39 is 5.82 Å². The molecule has 6 rings (SSSR count). The van der Waals surface area contributed by atoms with Crippen molar-refractivity contribution in [2.24, 2.45) is 13.0 Å². The Hall–Kier alpha value is -4.12. The second kappa shape index (κ2) is 8.83. The minimum Gasteiger partial charge on any atom is -0.618 e. The van der Waals surface area contributed by atoms with E-state index in [1.807, 2.05) is 24.0 Å². The van der Waals surface area contributed by atoms with E-state index in [0.29, 0.717) is 22.9 Å². The largest absolute Gasteiger partial charge is 0.618 e. The molecule has 0 radical (unpaired) electrons. The first-order valence-corrected chi connectivity index (χ1v) is 11.8. The van der Waals surface area contributed by atoms with Crippen molar-refractivity contribution in [1.82, 2.24) is 39.8 Å². The lowest BCUT2D eigenvalue weighted by Crippen LogP contribution is -2.35. The number of halogens is 2. The maximum atomic E-state index is 15.2. The molecule has 0 aliphatic heterocycles. The highest BCUT2D eigenvalue weighted by Crippen LogP contribution is 2.39. The van der Waals surface area contributed by atoms with Gasteiger partial charge < -0.3 is 5.21 Å². The third-order valence-corrected chi connectivity index (χ3v) is 6.83. The zero-order valence-electron chi connectivity index (χ0n) is 19.2. The lowest BCUT2D eigenvalue weighted by molar-refractivity contribution is -0.615. The van der Waals surface area contributed by atoms with Gasteiger partial charge >= 0.3 is 0 Å². The minimum atomic E-state index is -0.653. The fourth-order valence-corrected chi connectivity index (χ4v) is 4.66. The fraction of sp³-hybridized carbons (Fsp3) is 0.250. The topological polar surface area (TPSA) is 106 Å². The first kappa shape index (κ1) is 22.4. The van der Waals surface area contributed by atoms with Gasteiger partial charge in [0.25, 0.3) is 0 Å². The van der Waals surface area contributed by atoms with Crippen LogP contribution in [0, 0.1) is 16.9 Å². The molecule has 182 valence electrons. The molecular formula is C24H21ClFN9O. The summed E-state index contributed by atoms with van der Waals surface area (Å²) in [7, 11) is 1.87. The lowest BCUT2D eigenvalue weighted by Gasteiger charge is -2.18. The third kappa shape index (κ3) is 4.01. The predicted molar refractivity (Wildman–Crippen MR) is 128 cm³/mol. The first-order chi connectivity index (χ1) is 17.5. The first-order valence-electron chi connectivity index (χ1n) is 11.5. The quantitative estimate of drug-likeness (QED) is 0.246. The van der Waals surface area contributed by atoms with Gasteiger partial charge in [0.1, 0.15) is 12.4 Å². The molecule has 0 bridgehead atoms. The normalized spacial score (nSPS) is 14.3. The van der Waals surface area contributed by atoms with Gasteiger partial charge in [0.15, 0.2) is 12.0 Å². The summed E-state index contributed by atoms with van der Waals surface area (Å²) in [6.07, 6.45) is 11.2. The maximum Gasteiger partial charge on any atom is 0.217 e. The number of hydrogen-bond acceptors (Lipinski definition) is 6. The molecule has 0 amide bonds. The number of aromatic nitrogens is 9. The molecule has 1 aromatic carbocycles. The predicted octanol–water partition coefficient (Wildman–Crippen LogP) is 3.74. The van der Waals surface area contributed by atoms with Crippen molar-refractivity contribution in [3.63, 3.8) is 0 Å². The van der Waals surface area contributed by atoms with E-state index in [1.165, 1.54) is 23.3 Å². The van der Waals surface area contributed by atoms with E-state index in [1.54, 1.807) is 35.3 Å². The van der Waals surface area contributed by atoms with Gasteiger partial charge in [-0.2, -0.15) is 19.6 Å². The van der Waals surface area contributed by atoms with E-state index in [-0.39, 0.29) is 16.6 Å². The number of benzene rings is 1. The van der Waals surface area contributed by atoms with Crippen LogP contribution in [0.25, 0.3) is 28.1 Å². The molecule has 1 fully saturated rings. The second-order valence-electron chi connectivity index (χ2n) is 8.92. The van der Waals surface area contributed by atoms with Crippen LogP contribution in [0.2, 0.25) is 5.02 Å². The molecule has 1 saturated carbocycles. The molecule has 10 nitrogen and oxygen atoms in total. The van der Waals surface area contributed by atoms with Gasteiger partial charge in [-0.3, -0.25) is 9.36 Å². The van der Waals surface area contributed by atoms with Crippen LogP contribution in [-0.2, 0) is 7.05 Å². The second-order valence-corrected chi connectivity index (χ2v) is 9.33. The Morgan fingerprint density at radius 2 is 2.03 bits per heavy atom. The molecule has 1 atom stereocenters. The smallest absolute Gasteiger partial charge is 0.217 e. The van der Waals surface area contributed by atoms with Crippen LogP contribution in [0.3, 0.4) is 0 Å². The molecule has 0 spiro atoms. The van der Waals surface area contributed by atoms with Crippen LogP contribution in [0.5, 0.6) is 0 Å². The van der Waals surface area contributed by atoms with Gasteiger partial charge in [0, 0.05) is 31.1 Å². The molecule has 1 aliphatic carbocycles. The molecule has 1 aliphatic rings. The average molecular weight is 506 g/mol. The Kier molecular flexibility index (Phi) is 5.48. The van der Waals surface area contributed by atoms with Crippen LogP contribution in [0.4, 0.5) is 4.39 Å². The van der Waals surface area contributed by atoms with Crippen molar-refractivity contribution in [3.8, 4) is 28.1 Å². The van der Waals surface area contributed by atoms with E-state index in [2.05, 4.69) is 25.7 Å². The summed E-state index contributed by atoms with van der Waals surface area (Å²) in [6.45, 7) is 0. The highest BCUT2D eigenvalue weighted by atomic mass is 35.5. The van der Waals surface area contributed by atoms with Gasteiger partial charge in [-0.25, -0.2) is 4.39 Å². The molecule has 12 heteroatoms. The molecule has 4 heterocycles. The molecular weight excluding hydrogens is 485 g/mol. The minimum absolute atomic E-state index is 0.0609. The molecule has 0 unspecified atom stereocenters. The van der Waals surface area contributed by atoms with Crippen molar-refractivity contribution in [2.75, 3.05) is 0 Å². The van der Waals surface area contributed by atoms with Crippen molar-refractivity contribution >= 4 is 11.6 Å². The van der Waals surface area contributed by atoms with Gasteiger partial charge in [-0.1, -0.05) is 24.4 Å². The highest BCUT2D eigenvalue weighted by molar-refractivity contribution is 6.31. The Morgan fingerprint density at radius 3 is 2.72 bits per heavy atom. The van der Waals surface area contributed by atoms with Crippen molar-refractivity contribution < 1.29 is 9.12 Å². The molecule has 0 N–H and O–H groups in total. The lowest BCUT2D eigenvalue weighted by atomic mass is 10.0. The Morgan fingerprint density at radius 1 is 1.17 bits per heavy atom. The van der Waals surface area contributed by atoms with Crippen LogP contribution < -0.4 is 4.73 Å². The molecule has 36 heavy (non-hydrogen) atoms. The summed E-state index contributed by atoms with van der Waals surface area (Å²) < 4.78 is 20.9. The number of hydrogen-bond donors (Lipinski definition) is 0. The van der Waals surface area contributed by atoms with Crippen molar-refractivity contribution in [2.45, 2.75) is 25.3 Å². The van der Waals surface area contributed by atoms with E-state index in [0.717, 1.165) is 35.3 Å². The zero-order valence-corrected chi connectivity index (χ0v) is 20.0. The van der Waals surface area contributed by atoms with E-state index in [9.17, 15) is 5.21 Å². The highest BCUT2D eigenvalue weighted by Gasteiger charge is 2.32. The molecule has 5 aromatic rings. The van der Waals surface area contributed by atoms with Gasteiger partial charge in [-0.15, -0.1) is 5.10 Å². The summed E-state index contributed by atoms with van der Waals surface area (Å²) >= 11 is 6.08. The SMILES string of the molecule is Cn1nccc1-c1cnn([C@H](CC2CC2)c2ccc(-c3c(-n4cnnn4)ccc(Cl)c3F)c[n+]2[O-])c1. The summed E-state index contributed by atoms with van der Waals surface area (Å²) in [5.74, 6) is -0.115. The summed E-state index contributed by atoms with van der Waals surface area (Å²) in [5, 5.41) is 33.2. The number of pyridine rings is 1. The Bertz CT molecular complexity index is 1540. The van der Waals surface area contributed by atoms with Gasteiger partial charge in [0.2, 0.25) is 5.69 Å². The number of aryl methyl sites for hydroxylation is 1. The Balaban J connectivity index is 1.41. The maximum absolute atomic E-state index is 15.2. The fourth-order valence-electron chi connectivity index (χ4n) is 4.51. The summed E-state index contributed by atoms with van der Waals surface area (Å²) in [5.41, 5.74) is 3.25. The van der Waals surface area contributed by atoms with E-state index >= 15 is 4.39 Å². The summed E-state index contributed by atoms with van der Waals surface area (Å²) in [6, 6.07) is 8.14. The van der Waals surface area contributed by atoms with Gasteiger partial charge in [-0.05, 0) is 47.0 Å². The van der Waals surface area contributed by atoms with Crippen LogP contribution >= 0.6 is 11.6 Å². The van der Waals surface area contributed by atoms with Crippen molar-refractivity contribution in [1.29, 1.82) is 0 Å². The van der Waals surface area contributed by atoms with Gasteiger partial charge in [0.05, 0.1) is 33.7 Å². The number of nitrogens with zero attached hydrogens (tertiary/aromatic N) is 9. The van der Waals surface area contributed by atoms with E-state index in [4.69, 9.17) is 11.6 Å². The number of rotatable bonds is 7. The summed E-state index contributed by atoms with van der Waals surface area (Å²) in [4.78, 5) is 0. The number of tetrazole rings is 1. The van der Waals surface area contributed by atoms with Crippen molar-refractivity contribution in [3.05, 3.63) is 83.2 Å². The van der Waals surface area contributed by atoms with Crippen LogP contribution in [0.1, 0.15) is 31.0 Å². The Labute approximate surface area is 210 Å². The third-order valence-electron chi connectivity index (χ3n) is 6.53. The molecule has 4 aromatic heterocycles. The van der Waals surface area contributed by atoms with Crippen LogP contribution in [0.15, 0.2) is 61.4 Å². The monoisotopic (exact) mass is 505 g/mol. The standard InChI is InChI=1S/C24H21ClFN9O/c1-32-19(8-9-28-32)17-11-29-33(12-17)22(10-15-2-3-15)20-6-4-16(13-35(20)36)23-21(34-14-27-30-31-34)7-5-18(25)24(23)26/h4-9,11-15,22H,2-3,10H2,1H3/t22-/m1/s1. The zero-order chi connectivity index (χ0) is 24.8. The average Bonchev–Trinajstić information content (AvgIpc) is 3.24. The molecule has 0 saturated heterocycles.